The minimum atomic E-state index is -0.324. The lowest BCUT2D eigenvalue weighted by Crippen LogP contribution is -2.42. The Labute approximate surface area is 142 Å². The van der Waals surface area contributed by atoms with E-state index in [-0.39, 0.29) is 11.7 Å². The van der Waals surface area contributed by atoms with Gasteiger partial charge in [-0.3, -0.25) is 4.79 Å². The number of methoxy groups -OCH3 is 1. The van der Waals surface area contributed by atoms with Crippen molar-refractivity contribution in [2.24, 2.45) is 5.92 Å². The van der Waals surface area contributed by atoms with Crippen LogP contribution in [0.15, 0.2) is 48.5 Å². The first-order valence-corrected chi connectivity index (χ1v) is 8.27. The van der Waals surface area contributed by atoms with E-state index >= 15 is 0 Å². The van der Waals surface area contributed by atoms with Crippen molar-refractivity contribution in [3.63, 3.8) is 0 Å². The highest BCUT2D eigenvalue weighted by atomic mass is 19.1. The zero-order valence-corrected chi connectivity index (χ0v) is 14.0. The van der Waals surface area contributed by atoms with Crippen molar-refractivity contribution in [1.29, 1.82) is 0 Å². The van der Waals surface area contributed by atoms with E-state index in [0.717, 1.165) is 18.7 Å². The molecular formula is C20H22FNO2. The number of benzene rings is 2. The first-order valence-electron chi connectivity index (χ1n) is 8.27. The van der Waals surface area contributed by atoms with Crippen LogP contribution in [-0.4, -0.2) is 31.0 Å². The fourth-order valence-electron chi connectivity index (χ4n) is 3.31. The number of likely N-dealkylation sites (tertiary alicyclic amines) is 1. The summed E-state index contributed by atoms with van der Waals surface area (Å²) in [6.07, 6.45) is 0.962. The molecule has 0 aromatic heterocycles. The Kier molecular flexibility index (Phi) is 4.84. The number of hydrogen-bond acceptors (Lipinski definition) is 2. The molecular weight excluding hydrogens is 305 g/mol. The van der Waals surface area contributed by atoms with Crippen molar-refractivity contribution in [3.05, 3.63) is 65.5 Å². The zero-order valence-electron chi connectivity index (χ0n) is 14.0. The molecule has 2 unspecified atom stereocenters. The van der Waals surface area contributed by atoms with E-state index in [4.69, 9.17) is 4.74 Å². The van der Waals surface area contributed by atoms with Gasteiger partial charge in [0.1, 0.15) is 11.6 Å². The van der Waals surface area contributed by atoms with Crippen molar-refractivity contribution < 1.29 is 13.9 Å². The van der Waals surface area contributed by atoms with E-state index in [1.807, 2.05) is 17.0 Å². The molecule has 0 saturated carbocycles. The fourth-order valence-corrected chi connectivity index (χ4v) is 3.31. The summed E-state index contributed by atoms with van der Waals surface area (Å²) < 4.78 is 18.3. The maximum Gasteiger partial charge on any atom is 0.253 e. The average molecular weight is 327 g/mol. The highest BCUT2D eigenvalue weighted by Crippen LogP contribution is 2.33. The highest BCUT2D eigenvalue weighted by Gasteiger charge is 2.30. The van der Waals surface area contributed by atoms with Crippen LogP contribution in [0.5, 0.6) is 5.75 Å². The van der Waals surface area contributed by atoms with Crippen LogP contribution >= 0.6 is 0 Å². The molecule has 0 bridgehead atoms. The predicted octanol–water partition coefficient (Wildman–Crippen LogP) is 4.10. The van der Waals surface area contributed by atoms with Crippen LogP contribution in [0.1, 0.15) is 35.2 Å². The Morgan fingerprint density at radius 2 is 1.79 bits per heavy atom. The summed E-state index contributed by atoms with van der Waals surface area (Å²) in [6.45, 7) is 3.66. The molecule has 24 heavy (non-hydrogen) atoms. The van der Waals surface area contributed by atoms with Gasteiger partial charge in [-0.25, -0.2) is 4.39 Å². The number of carbonyl (C=O) groups is 1. The van der Waals surface area contributed by atoms with Crippen molar-refractivity contribution in [2.45, 2.75) is 19.3 Å². The molecule has 1 saturated heterocycles. The van der Waals surface area contributed by atoms with Gasteiger partial charge in [-0.05, 0) is 54.3 Å². The molecule has 4 heteroatoms. The molecule has 1 aliphatic rings. The van der Waals surface area contributed by atoms with Crippen LogP contribution in [0.4, 0.5) is 4.39 Å². The summed E-state index contributed by atoms with van der Waals surface area (Å²) in [7, 11) is 1.65. The monoisotopic (exact) mass is 327 g/mol. The number of rotatable bonds is 3. The molecule has 1 amide bonds. The Hall–Kier alpha value is -2.36. The molecule has 0 N–H and O–H groups in total. The average Bonchev–Trinajstić information content (AvgIpc) is 2.62. The first-order chi connectivity index (χ1) is 11.6. The third-order valence-corrected chi connectivity index (χ3v) is 4.88. The Morgan fingerprint density at radius 1 is 1.12 bits per heavy atom. The normalized spacial score (nSPS) is 20.7. The van der Waals surface area contributed by atoms with Gasteiger partial charge < -0.3 is 9.64 Å². The molecule has 2 atom stereocenters. The molecule has 1 fully saturated rings. The van der Waals surface area contributed by atoms with Gasteiger partial charge in [0.2, 0.25) is 0 Å². The third kappa shape index (κ3) is 3.42. The van der Waals surface area contributed by atoms with Gasteiger partial charge in [0.25, 0.3) is 5.91 Å². The minimum absolute atomic E-state index is 0.0274. The summed E-state index contributed by atoms with van der Waals surface area (Å²) >= 11 is 0. The molecule has 0 spiro atoms. The lowest BCUT2D eigenvalue weighted by atomic mass is 9.82. The van der Waals surface area contributed by atoms with Crippen LogP contribution in [0.2, 0.25) is 0 Å². The second-order valence-corrected chi connectivity index (χ2v) is 6.40. The molecule has 3 nitrogen and oxygen atoms in total. The van der Waals surface area contributed by atoms with Crippen LogP contribution in [0, 0.1) is 11.7 Å². The van der Waals surface area contributed by atoms with E-state index in [2.05, 4.69) is 19.1 Å². The number of piperidine rings is 1. The first kappa shape index (κ1) is 16.5. The van der Waals surface area contributed by atoms with Gasteiger partial charge in [-0.2, -0.15) is 0 Å². The Bertz CT molecular complexity index is 697. The number of hydrogen-bond donors (Lipinski definition) is 0. The third-order valence-electron chi connectivity index (χ3n) is 4.88. The lowest BCUT2D eigenvalue weighted by Gasteiger charge is -2.37. The summed E-state index contributed by atoms with van der Waals surface area (Å²) in [5.74, 6) is 1.29. The van der Waals surface area contributed by atoms with Crippen LogP contribution in [0.3, 0.4) is 0 Å². The molecule has 2 aromatic rings. The minimum Gasteiger partial charge on any atom is -0.497 e. The van der Waals surface area contributed by atoms with Crippen molar-refractivity contribution >= 4 is 5.91 Å². The topological polar surface area (TPSA) is 29.5 Å². The number of carbonyl (C=O) groups excluding carboxylic acids is 1. The van der Waals surface area contributed by atoms with E-state index in [0.29, 0.717) is 23.9 Å². The van der Waals surface area contributed by atoms with Crippen LogP contribution in [-0.2, 0) is 0 Å². The Morgan fingerprint density at radius 3 is 2.42 bits per heavy atom. The predicted molar refractivity (Wildman–Crippen MR) is 91.8 cm³/mol. The van der Waals surface area contributed by atoms with Crippen molar-refractivity contribution in [3.8, 4) is 5.75 Å². The fraction of sp³-hybridized carbons (Fsp3) is 0.350. The van der Waals surface area contributed by atoms with Gasteiger partial charge >= 0.3 is 0 Å². The zero-order chi connectivity index (χ0) is 17.1. The molecule has 1 aliphatic heterocycles. The maximum atomic E-state index is 13.1. The standard InChI is InChI=1S/C20H22FNO2/c1-14-11-12-22(20(23)16-3-7-17(21)8-4-16)13-19(14)15-5-9-18(24-2)10-6-15/h3-10,14,19H,11-13H2,1-2H3. The van der Waals surface area contributed by atoms with Crippen LogP contribution < -0.4 is 4.74 Å². The lowest BCUT2D eigenvalue weighted by molar-refractivity contribution is 0.0669. The summed E-state index contributed by atoms with van der Waals surface area (Å²) in [5.41, 5.74) is 1.76. The second kappa shape index (κ2) is 7.04. The number of ether oxygens (including phenoxy) is 1. The molecule has 0 radical (unpaired) electrons. The summed E-state index contributed by atoms with van der Waals surface area (Å²) in [6, 6.07) is 13.8. The number of amides is 1. The Balaban J connectivity index is 1.77. The van der Waals surface area contributed by atoms with Gasteiger partial charge in [-0.1, -0.05) is 19.1 Å². The largest absolute Gasteiger partial charge is 0.497 e. The quantitative estimate of drug-likeness (QED) is 0.849. The van der Waals surface area contributed by atoms with E-state index in [1.165, 1.54) is 17.7 Å². The van der Waals surface area contributed by atoms with Crippen molar-refractivity contribution in [2.75, 3.05) is 20.2 Å². The second-order valence-electron chi connectivity index (χ2n) is 6.40. The summed E-state index contributed by atoms with van der Waals surface area (Å²) in [5, 5.41) is 0. The van der Waals surface area contributed by atoms with Crippen LogP contribution in [0.25, 0.3) is 0 Å². The molecule has 2 aromatic carbocycles. The SMILES string of the molecule is COc1ccc(C2CN(C(=O)c3ccc(F)cc3)CCC2C)cc1. The van der Waals surface area contributed by atoms with Crippen molar-refractivity contribution in [1.82, 2.24) is 4.90 Å². The van der Waals surface area contributed by atoms with Gasteiger partial charge in [0, 0.05) is 24.6 Å². The van der Waals surface area contributed by atoms with E-state index in [1.54, 1.807) is 19.2 Å². The van der Waals surface area contributed by atoms with Gasteiger partial charge in [-0.15, -0.1) is 0 Å². The molecule has 1 heterocycles. The molecule has 0 aliphatic carbocycles. The number of nitrogens with zero attached hydrogens (tertiary/aromatic N) is 1. The highest BCUT2D eigenvalue weighted by molar-refractivity contribution is 5.94. The van der Waals surface area contributed by atoms with Gasteiger partial charge in [0.15, 0.2) is 0 Å². The van der Waals surface area contributed by atoms with E-state index < -0.39 is 0 Å². The number of halogens is 1. The van der Waals surface area contributed by atoms with Gasteiger partial charge in [0.05, 0.1) is 7.11 Å². The molecule has 3 rings (SSSR count). The smallest absolute Gasteiger partial charge is 0.253 e. The molecule has 126 valence electrons. The maximum absolute atomic E-state index is 13.1. The summed E-state index contributed by atoms with van der Waals surface area (Å²) in [4.78, 5) is 14.6. The van der Waals surface area contributed by atoms with E-state index in [9.17, 15) is 9.18 Å².